The molecule has 4 unspecified atom stereocenters. The van der Waals surface area contributed by atoms with E-state index in [0.29, 0.717) is 6.61 Å². The van der Waals surface area contributed by atoms with Gasteiger partial charge in [0.15, 0.2) is 0 Å². The van der Waals surface area contributed by atoms with Gasteiger partial charge < -0.3 is 9.47 Å². The molecule has 0 aromatic carbocycles. The molecule has 3 aliphatic heterocycles. The number of ether oxygens (including phenoxy) is 2. The fourth-order valence-corrected chi connectivity index (χ4v) is 2.45. The van der Waals surface area contributed by atoms with E-state index in [1.54, 1.807) is 0 Å². The number of esters is 1. The van der Waals surface area contributed by atoms with Gasteiger partial charge >= 0.3 is 5.97 Å². The maximum Gasteiger partial charge on any atom is 0.315 e. The Kier molecular flexibility index (Phi) is 0.966. The van der Waals surface area contributed by atoms with Crippen molar-refractivity contribution >= 4 is 5.97 Å². The molecule has 0 N–H and O–H groups in total. The minimum absolute atomic E-state index is 0.0394. The summed E-state index contributed by atoms with van der Waals surface area (Å²) in [4.78, 5) is 11.4. The maximum absolute atomic E-state index is 11.4. The molecule has 0 aromatic rings. The molecule has 4 atom stereocenters. The number of carbonyl (C=O) groups is 1. The summed E-state index contributed by atoms with van der Waals surface area (Å²) < 4.78 is 10.6. The highest BCUT2D eigenvalue weighted by molar-refractivity contribution is 5.81. The summed E-state index contributed by atoms with van der Waals surface area (Å²) in [6, 6.07) is 0. The summed E-state index contributed by atoms with van der Waals surface area (Å²) in [6.45, 7) is 2.47. The first-order chi connectivity index (χ1) is 5.73. The van der Waals surface area contributed by atoms with Gasteiger partial charge in [-0.2, -0.15) is 0 Å². The van der Waals surface area contributed by atoms with Gasteiger partial charge in [0.1, 0.15) is 5.41 Å². The maximum atomic E-state index is 11.4. The van der Waals surface area contributed by atoms with Gasteiger partial charge in [0.05, 0.1) is 18.8 Å². The van der Waals surface area contributed by atoms with Crippen molar-refractivity contribution in [3.05, 3.63) is 12.2 Å². The first kappa shape index (κ1) is 6.66. The van der Waals surface area contributed by atoms with E-state index in [0.717, 1.165) is 0 Å². The first-order valence-corrected chi connectivity index (χ1v) is 4.24. The van der Waals surface area contributed by atoms with Gasteiger partial charge in [-0.15, -0.1) is 0 Å². The van der Waals surface area contributed by atoms with Gasteiger partial charge in [0.2, 0.25) is 0 Å². The summed E-state index contributed by atoms with van der Waals surface area (Å²) in [5.41, 5.74) is -0.389. The van der Waals surface area contributed by atoms with Crippen LogP contribution in [0, 0.1) is 11.3 Å². The molecule has 0 aliphatic carbocycles. The van der Waals surface area contributed by atoms with E-state index in [-0.39, 0.29) is 29.5 Å². The minimum atomic E-state index is -0.389. The normalized spacial score (nSPS) is 54.4. The summed E-state index contributed by atoms with van der Waals surface area (Å²) >= 11 is 0. The average Bonchev–Trinajstić information content (AvgIpc) is 2.65. The molecule has 12 heavy (non-hydrogen) atoms. The van der Waals surface area contributed by atoms with Crippen molar-refractivity contribution < 1.29 is 14.3 Å². The van der Waals surface area contributed by atoms with Crippen LogP contribution in [0.2, 0.25) is 0 Å². The zero-order valence-electron chi connectivity index (χ0n) is 6.82. The molecule has 0 radical (unpaired) electrons. The molecule has 3 nitrogen and oxygen atoms in total. The number of rotatable bonds is 0. The van der Waals surface area contributed by atoms with E-state index in [4.69, 9.17) is 9.47 Å². The third-order valence-electron chi connectivity index (χ3n) is 3.37. The second-order valence-corrected chi connectivity index (χ2v) is 3.89. The van der Waals surface area contributed by atoms with Gasteiger partial charge in [0.25, 0.3) is 0 Å². The van der Waals surface area contributed by atoms with Crippen molar-refractivity contribution in [2.24, 2.45) is 11.3 Å². The van der Waals surface area contributed by atoms with Crippen molar-refractivity contribution in [2.75, 3.05) is 6.61 Å². The Labute approximate surface area is 70.3 Å². The van der Waals surface area contributed by atoms with Gasteiger partial charge in [0, 0.05) is 5.92 Å². The third-order valence-corrected chi connectivity index (χ3v) is 3.37. The Hall–Kier alpha value is -0.830. The Morgan fingerprint density at radius 3 is 3.17 bits per heavy atom. The topological polar surface area (TPSA) is 35.5 Å². The number of carbonyl (C=O) groups excluding carboxylic acids is 1. The molecule has 3 rings (SSSR count). The van der Waals surface area contributed by atoms with Gasteiger partial charge in [-0.3, -0.25) is 4.79 Å². The molecule has 2 bridgehead atoms. The van der Waals surface area contributed by atoms with Crippen LogP contribution in [-0.2, 0) is 14.3 Å². The van der Waals surface area contributed by atoms with Gasteiger partial charge in [-0.05, 0) is 6.92 Å². The lowest BCUT2D eigenvalue weighted by molar-refractivity contribution is -0.148. The number of hydrogen-bond donors (Lipinski definition) is 0. The highest BCUT2D eigenvalue weighted by Crippen LogP contribution is 2.52. The predicted molar refractivity (Wildman–Crippen MR) is 40.4 cm³/mol. The predicted octanol–water partition coefficient (Wildman–Crippen LogP) is 0.503. The summed E-state index contributed by atoms with van der Waals surface area (Å²) in [7, 11) is 0. The van der Waals surface area contributed by atoms with Crippen LogP contribution in [0.25, 0.3) is 0 Å². The van der Waals surface area contributed by atoms with Crippen molar-refractivity contribution in [3.8, 4) is 0 Å². The van der Waals surface area contributed by atoms with E-state index < -0.39 is 0 Å². The van der Waals surface area contributed by atoms with E-state index in [9.17, 15) is 4.79 Å². The number of hydrogen-bond acceptors (Lipinski definition) is 3. The van der Waals surface area contributed by atoms with Crippen LogP contribution in [-0.4, -0.2) is 24.8 Å². The molecule has 2 fully saturated rings. The third kappa shape index (κ3) is 0.495. The minimum Gasteiger partial charge on any atom is -0.465 e. The van der Waals surface area contributed by atoms with Crippen molar-refractivity contribution in [2.45, 2.75) is 19.1 Å². The largest absolute Gasteiger partial charge is 0.465 e. The Morgan fingerprint density at radius 1 is 1.58 bits per heavy atom. The van der Waals surface area contributed by atoms with Crippen LogP contribution in [0.3, 0.4) is 0 Å². The van der Waals surface area contributed by atoms with Crippen molar-refractivity contribution in [1.29, 1.82) is 0 Å². The van der Waals surface area contributed by atoms with Gasteiger partial charge in [-0.1, -0.05) is 12.2 Å². The van der Waals surface area contributed by atoms with Gasteiger partial charge in [-0.25, -0.2) is 0 Å². The molecule has 64 valence electrons. The lowest BCUT2D eigenvalue weighted by Gasteiger charge is -2.23. The summed E-state index contributed by atoms with van der Waals surface area (Å²) in [5, 5.41) is 0. The molecule has 0 aromatic heterocycles. The first-order valence-electron chi connectivity index (χ1n) is 4.24. The molecule has 3 heterocycles. The van der Waals surface area contributed by atoms with E-state index in [2.05, 4.69) is 0 Å². The van der Waals surface area contributed by atoms with Crippen molar-refractivity contribution in [1.82, 2.24) is 0 Å². The van der Waals surface area contributed by atoms with Crippen LogP contribution in [0.1, 0.15) is 6.92 Å². The number of fused-ring (bicyclic) bond motifs is 5. The van der Waals surface area contributed by atoms with Crippen LogP contribution in [0.5, 0.6) is 0 Å². The highest BCUT2D eigenvalue weighted by Gasteiger charge is 2.63. The number of cyclic esters (lactones) is 1. The molecule has 3 heteroatoms. The standard InChI is InChI=1S/C9H10O3/c1-9-5(4-11-8(9)10)6-2-3-7(9)12-6/h2-3,5-7H,4H2,1H3. The zero-order valence-corrected chi connectivity index (χ0v) is 6.82. The molecular formula is C9H10O3. The molecular weight excluding hydrogens is 156 g/mol. The Balaban J connectivity index is 2.12. The molecule has 0 amide bonds. The second kappa shape index (κ2) is 1.74. The van der Waals surface area contributed by atoms with Crippen LogP contribution in [0.15, 0.2) is 12.2 Å². The smallest absolute Gasteiger partial charge is 0.315 e. The van der Waals surface area contributed by atoms with Crippen LogP contribution in [0.4, 0.5) is 0 Å². The average molecular weight is 166 g/mol. The molecule has 2 saturated heterocycles. The van der Waals surface area contributed by atoms with Crippen LogP contribution >= 0.6 is 0 Å². The van der Waals surface area contributed by atoms with Crippen molar-refractivity contribution in [3.63, 3.8) is 0 Å². The summed E-state index contributed by atoms with van der Waals surface area (Å²) in [5.74, 6) is 0.157. The Bertz CT molecular complexity index is 283. The molecule has 0 spiro atoms. The quantitative estimate of drug-likeness (QED) is 0.388. The van der Waals surface area contributed by atoms with E-state index in [1.807, 2.05) is 19.1 Å². The fraction of sp³-hybridized carbons (Fsp3) is 0.667. The lowest BCUT2D eigenvalue weighted by atomic mass is 9.72. The summed E-state index contributed by atoms with van der Waals surface area (Å²) in [6.07, 6.45) is 4.10. The highest BCUT2D eigenvalue weighted by atomic mass is 16.6. The zero-order chi connectivity index (χ0) is 8.34. The lowest BCUT2D eigenvalue weighted by Crippen LogP contribution is -2.37. The fourth-order valence-electron chi connectivity index (χ4n) is 2.45. The van der Waals surface area contributed by atoms with Crippen LogP contribution < -0.4 is 0 Å². The molecule has 0 saturated carbocycles. The molecule has 3 aliphatic rings. The second-order valence-electron chi connectivity index (χ2n) is 3.89. The van der Waals surface area contributed by atoms with E-state index >= 15 is 0 Å². The SMILES string of the molecule is CC12C(=O)OCC1C1C=CC2O1. The Morgan fingerprint density at radius 2 is 2.42 bits per heavy atom. The monoisotopic (exact) mass is 166 g/mol. The van der Waals surface area contributed by atoms with E-state index in [1.165, 1.54) is 0 Å².